The third-order valence-electron chi connectivity index (χ3n) is 4.04. The summed E-state index contributed by atoms with van der Waals surface area (Å²) in [6, 6.07) is 13.8. The Bertz CT molecular complexity index is 1120. The number of sulfonamides is 1. The highest BCUT2D eigenvalue weighted by Crippen LogP contribution is 2.29. The zero-order chi connectivity index (χ0) is 20.3. The van der Waals surface area contributed by atoms with Crippen LogP contribution in [0.1, 0.15) is 10.5 Å². The molecule has 0 aliphatic rings. The Kier molecular flexibility index (Phi) is 5.76. The maximum Gasteiger partial charge on any atom is 0.285 e. The first-order chi connectivity index (χ1) is 13.4. The zero-order valence-electron chi connectivity index (χ0n) is 15.5. The number of nitrogens with zero attached hydrogens (tertiary/aromatic N) is 2. The number of thioether (sulfide) groups is 1. The lowest BCUT2D eigenvalue weighted by atomic mass is 10.2. The molecular formula is C19H19N3O4S2. The fourth-order valence-electron chi connectivity index (χ4n) is 2.73. The molecule has 1 N–H and O–H groups in total. The van der Waals surface area contributed by atoms with E-state index < -0.39 is 15.9 Å². The van der Waals surface area contributed by atoms with E-state index in [1.54, 1.807) is 35.5 Å². The van der Waals surface area contributed by atoms with Crippen molar-refractivity contribution in [3.05, 3.63) is 60.4 Å². The van der Waals surface area contributed by atoms with Gasteiger partial charge < -0.3 is 9.30 Å². The number of carbonyl (C=O) groups is 1. The molecular weight excluding hydrogens is 398 g/mol. The monoisotopic (exact) mass is 417 g/mol. The van der Waals surface area contributed by atoms with Gasteiger partial charge in [-0.25, -0.2) is 18.1 Å². The molecule has 0 spiro atoms. The van der Waals surface area contributed by atoms with Crippen molar-refractivity contribution in [3.8, 4) is 17.1 Å². The second kappa shape index (κ2) is 8.07. The molecule has 0 unspecified atom stereocenters. The Hall–Kier alpha value is -2.78. The van der Waals surface area contributed by atoms with Crippen LogP contribution in [0.3, 0.4) is 0 Å². The predicted octanol–water partition coefficient (Wildman–Crippen LogP) is 2.94. The minimum absolute atomic E-state index is 0.00637. The van der Waals surface area contributed by atoms with Crippen LogP contribution >= 0.6 is 11.8 Å². The summed E-state index contributed by atoms with van der Waals surface area (Å²) in [5.41, 5.74) is 0.871. The average Bonchev–Trinajstić information content (AvgIpc) is 3.09. The fourth-order valence-corrected chi connectivity index (χ4v) is 4.45. The number of benzene rings is 2. The molecule has 3 rings (SSSR count). The van der Waals surface area contributed by atoms with Gasteiger partial charge >= 0.3 is 0 Å². The summed E-state index contributed by atoms with van der Waals surface area (Å²) in [5, 5.41) is 0. The molecule has 2 aromatic carbocycles. The van der Waals surface area contributed by atoms with Gasteiger partial charge in [-0.05, 0) is 24.5 Å². The van der Waals surface area contributed by atoms with E-state index in [4.69, 9.17) is 4.74 Å². The Morgan fingerprint density at radius 2 is 1.82 bits per heavy atom. The van der Waals surface area contributed by atoms with Crippen LogP contribution in [0.25, 0.3) is 11.4 Å². The highest BCUT2D eigenvalue weighted by molar-refractivity contribution is 7.98. The van der Waals surface area contributed by atoms with Crippen LogP contribution in [-0.2, 0) is 17.1 Å². The summed E-state index contributed by atoms with van der Waals surface area (Å²) in [4.78, 5) is 17.8. The van der Waals surface area contributed by atoms with Gasteiger partial charge in [0.1, 0.15) is 22.2 Å². The number of methoxy groups -OCH3 is 1. The first-order valence-corrected chi connectivity index (χ1v) is 10.9. The van der Waals surface area contributed by atoms with E-state index in [-0.39, 0.29) is 16.3 Å². The molecule has 28 heavy (non-hydrogen) atoms. The minimum atomic E-state index is -4.11. The quantitative estimate of drug-likeness (QED) is 0.620. The van der Waals surface area contributed by atoms with Crippen molar-refractivity contribution < 1.29 is 17.9 Å². The van der Waals surface area contributed by atoms with Crippen LogP contribution in [0.2, 0.25) is 0 Å². The van der Waals surface area contributed by atoms with Gasteiger partial charge in [-0.2, -0.15) is 0 Å². The minimum Gasteiger partial charge on any atom is -0.495 e. The fraction of sp³-hybridized carbons (Fsp3) is 0.158. The zero-order valence-corrected chi connectivity index (χ0v) is 17.2. The number of ether oxygens (including phenoxy) is 1. The molecule has 0 saturated heterocycles. The van der Waals surface area contributed by atoms with Crippen LogP contribution in [0.5, 0.6) is 5.75 Å². The molecule has 1 aromatic heterocycles. The Labute approximate surface area is 167 Å². The van der Waals surface area contributed by atoms with E-state index in [1.807, 2.05) is 30.5 Å². The number of aryl methyl sites for hydroxylation is 1. The van der Waals surface area contributed by atoms with Crippen molar-refractivity contribution in [2.45, 2.75) is 9.79 Å². The molecule has 1 heterocycles. The van der Waals surface area contributed by atoms with Crippen LogP contribution in [0.4, 0.5) is 0 Å². The number of carbonyl (C=O) groups excluding carboxylic acids is 1. The van der Waals surface area contributed by atoms with Crippen molar-refractivity contribution in [1.82, 2.24) is 14.3 Å². The van der Waals surface area contributed by atoms with Crippen molar-refractivity contribution in [1.29, 1.82) is 0 Å². The molecule has 1 amide bonds. The Balaban J connectivity index is 1.92. The lowest BCUT2D eigenvalue weighted by Gasteiger charge is -2.09. The summed E-state index contributed by atoms with van der Waals surface area (Å²) in [6.07, 6.45) is 3.45. The Morgan fingerprint density at radius 3 is 2.54 bits per heavy atom. The van der Waals surface area contributed by atoms with Gasteiger partial charge in [-0.3, -0.25) is 4.79 Å². The second-order valence-corrected chi connectivity index (χ2v) is 8.35. The number of nitrogens with one attached hydrogen (secondary N) is 1. The Morgan fingerprint density at radius 1 is 1.14 bits per heavy atom. The van der Waals surface area contributed by atoms with Crippen molar-refractivity contribution in [2.75, 3.05) is 13.4 Å². The number of aromatic nitrogens is 2. The van der Waals surface area contributed by atoms with Gasteiger partial charge in [0.2, 0.25) is 0 Å². The van der Waals surface area contributed by atoms with Crippen molar-refractivity contribution in [2.24, 2.45) is 7.05 Å². The standard InChI is InChI=1S/C19H19N3O4S2/c1-22-12-14(20-18(22)13-8-4-6-10-16(13)27-3)19(23)21-28(24,25)17-11-7-5-9-15(17)26-2/h4-12H,1-3H3,(H,21,23). The van der Waals surface area contributed by atoms with Crippen LogP contribution in [0, 0.1) is 0 Å². The molecule has 0 radical (unpaired) electrons. The van der Waals surface area contributed by atoms with Gasteiger partial charge in [0, 0.05) is 23.7 Å². The number of imidazole rings is 1. The van der Waals surface area contributed by atoms with Crippen LogP contribution in [0.15, 0.2) is 64.5 Å². The van der Waals surface area contributed by atoms with Gasteiger partial charge in [-0.1, -0.05) is 30.3 Å². The number of rotatable bonds is 6. The number of hydrogen-bond acceptors (Lipinski definition) is 6. The lowest BCUT2D eigenvalue weighted by molar-refractivity contribution is 0.0977. The SMILES string of the molecule is COc1ccccc1S(=O)(=O)NC(=O)c1cn(C)c(-c2ccccc2SC)n1. The molecule has 9 heteroatoms. The van der Waals surface area contributed by atoms with Crippen LogP contribution < -0.4 is 9.46 Å². The molecule has 0 aliphatic carbocycles. The van der Waals surface area contributed by atoms with Gasteiger partial charge in [0.15, 0.2) is 0 Å². The van der Waals surface area contributed by atoms with E-state index in [2.05, 4.69) is 9.71 Å². The second-order valence-electron chi connectivity index (χ2n) is 5.85. The third kappa shape index (κ3) is 3.90. The molecule has 3 aromatic rings. The van der Waals surface area contributed by atoms with Gasteiger partial charge in [-0.15, -0.1) is 11.8 Å². The number of amides is 1. The normalized spacial score (nSPS) is 11.2. The van der Waals surface area contributed by atoms with E-state index in [9.17, 15) is 13.2 Å². The first kappa shape index (κ1) is 20.0. The third-order valence-corrected chi connectivity index (χ3v) is 6.21. The van der Waals surface area contributed by atoms with Crippen LogP contribution in [-0.4, -0.2) is 37.2 Å². The van der Waals surface area contributed by atoms with Crippen molar-refractivity contribution >= 4 is 27.7 Å². The smallest absolute Gasteiger partial charge is 0.285 e. The van der Waals surface area contributed by atoms with E-state index in [0.717, 1.165) is 10.5 Å². The molecule has 146 valence electrons. The number of hydrogen-bond donors (Lipinski definition) is 1. The van der Waals surface area contributed by atoms with Crippen molar-refractivity contribution in [3.63, 3.8) is 0 Å². The summed E-state index contributed by atoms with van der Waals surface area (Å²) < 4.78 is 34.0. The highest BCUT2D eigenvalue weighted by Gasteiger charge is 2.24. The summed E-state index contributed by atoms with van der Waals surface area (Å²) in [6.45, 7) is 0. The highest BCUT2D eigenvalue weighted by atomic mass is 32.2. The molecule has 7 nitrogen and oxygen atoms in total. The molecule has 0 aliphatic heterocycles. The summed E-state index contributed by atoms with van der Waals surface area (Å²) in [7, 11) is -0.989. The van der Waals surface area contributed by atoms with E-state index >= 15 is 0 Å². The molecule has 0 bridgehead atoms. The topological polar surface area (TPSA) is 90.3 Å². The maximum atomic E-state index is 12.6. The maximum absolute atomic E-state index is 12.6. The van der Waals surface area contributed by atoms with E-state index in [1.165, 1.54) is 25.4 Å². The van der Waals surface area contributed by atoms with Gasteiger partial charge in [0.05, 0.1) is 7.11 Å². The number of para-hydroxylation sites is 1. The van der Waals surface area contributed by atoms with Gasteiger partial charge in [0.25, 0.3) is 15.9 Å². The largest absolute Gasteiger partial charge is 0.495 e. The summed E-state index contributed by atoms with van der Waals surface area (Å²) >= 11 is 1.56. The first-order valence-electron chi connectivity index (χ1n) is 8.24. The lowest BCUT2D eigenvalue weighted by Crippen LogP contribution is -2.31. The molecule has 0 fully saturated rings. The molecule has 0 saturated carbocycles. The van der Waals surface area contributed by atoms with E-state index in [0.29, 0.717) is 5.82 Å². The summed E-state index contributed by atoms with van der Waals surface area (Å²) in [5.74, 6) is -0.0856. The average molecular weight is 418 g/mol. The predicted molar refractivity (Wildman–Crippen MR) is 108 cm³/mol. The molecule has 0 atom stereocenters.